The molecular weight excluding hydrogens is 383 g/mol. The number of benzene rings is 1. The summed E-state index contributed by atoms with van der Waals surface area (Å²) in [4.78, 5) is 14.0. The minimum absolute atomic E-state index is 0.561. The minimum atomic E-state index is 0.561. The largest absolute Gasteiger partial charge is 0.356 e. The molecule has 2 saturated heterocycles. The zero-order valence-electron chi connectivity index (χ0n) is 15.0. The van der Waals surface area contributed by atoms with Gasteiger partial charge in [-0.25, -0.2) is 0 Å². The third kappa shape index (κ3) is 4.45. The monoisotopic (exact) mass is 404 g/mol. The number of nitrogens with one attached hydrogen (secondary N) is 1. The molecule has 0 atom stereocenters. The second kappa shape index (κ2) is 8.31. The molecule has 142 valence electrons. The van der Waals surface area contributed by atoms with Crippen molar-refractivity contribution >= 4 is 47.0 Å². The second-order valence-electron chi connectivity index (χ2n) is 6.84. The van der Waals surface area contributed by atoms with Crippen LogP contribution in [0.2, 0.25) is 10.0 Å². The van der Waals surface area contributed by atoms with Crippen LogP contribution < -0.4 is 15.2 Å². The lowest BCUT2D eigenvalue weighted by Gasteiger charge is -2.21. The predicted octanol–water partition coefficient (Wildman–Crippen LogP) is 4.43. The maximum absolute atomic E-state index is 6.19. The minimum Gasteiger partial charge on any atom is -0.356 e. The zero-order valence-corrected chi connectivity index (χ0v) is 16.5. The summed E-state index contributed by atoms with van der Waals surface area (Å²) in [5, 5.41) is 5.47. The smallest absolute Gasteiger partial charge is 0.229 e. The first-order valence-corrected chi connectivity index (χ1v) is 10.1. The predicted molar refractivity (Wildman–Crippen MR) is 113 cm³/mol. The molecule has 0 saturated carbocycles. The Bertz CT molecular complexity index is 795. The molecule has 2 aromatic rings. The highest BCUT2D eigenvalue weighted by molar-refractivity contribution is 6.36. The number of halogens is 2. The van der Waals surface area contributed by atoms with E-state index in [-0.39, 0.29) is 0 Å². The summed E-state index contributed by atoms with van der Waals surface area (Å²) < 4.78 is 0. The summed E-state index contributed by atoms with van der Waals surface area (Å²) in [6.45, 7) is 4.10. The lowest BCUT2D eigenvalue weighted by molar-refractivity contribution is 0.871. The van der Waals surface area contributed by atoms with Gasteiger partial charge in [0.05, 0.1) is 11.2 Å². The van der Waals surface area contributed by atoms with Crippen molar-refractivity contribution in [3.8, 4) is 0 Å². The molecule has 3 heterocycles. The molecule has 27 heavy (non-hydrogen) atoms. The second-order valence-corrected chi connectivity index (χ2v) is 7.68. The van der Waals surface area contributed by atoms with E-state index in [2.05, 4.69) is 25.3 Å². The summed E-state index contributed by atoms with van der Waals surface area (Å²) in [7, 11) is 0. The van der Waals surface area contributed by atoms with Crippen molar-refractivity contribution in [2.45, 2.75) is 25.7 Å². The standard InChI is InChI=1S/C19H22Cl2N6/c20-15-6-5-14(16(21)11-15)13-22-25-17-12-18(26-7-1-2-8-26)24-19(23-17)27-9-3-4-10-27/h5-6,11-13H,1-4,7-10H2,(H,23,24,25). The normalized spacial score (nSPS) is 17.3. The van der Waals surface area contributed by atoms with Crippen LogP contribution in [0.25, 0.3) is 0 Å². The van der Waals surface area contributed by atoms with Crippen LogP contribution in [0, 0.1) is 0 Å². The van der Waals surface area contributed by atoms with Crippen LogP contribution in [0.4, 0.5) is 17.6 Å². The molecule has 1 aromatic heterocycles. The summed E-state index contributed by atoms with van der Waals surface area (Å²) in [6, 6.07) is 7.29. The van der Waals surface area contributed by atoms with E-state index in [0.29, 0.717) is 15.9 Å². The van der Waals surface area contributed by atoms with Gasteiger partial charge in [-0.15, -0.1) is 0 Å². The van der Waals surface area contributed by atoms with Gasteiger partial charge in [-0.3, -0.25) is 5.43 Å². The molecule has 2 fully saturated rings. The van der Waals surface area contributed by atoms with Gasteiger partial charge in [0, 0.05) is 42.8 Å². The molecule has 1 N–H and O–H groups in total. The van der Waals surface area contributed by atoms with Crippen LogP contribution in [0.15, 0.2) is 29.4 Å². The Labute approximate surface area is 169 Å². The van der Waals surface area contributed by atoms with Crippen LogP contribution in [0.1, 0.15) is 31.2 Å². The molecule has 2 aliphatic heterocycles. The number of hydrogen-bond donors (Lipinski definition) is 1. The molecule has 2 aliphatic rings. The van der Waals surface area contributed by atoms with Gasteiger partial charge in [0.1, 0.15) is 5.82 Å². The summed E-state index contributed by atoms with van der Waals surface area (Å²) >= 11 is 12.1. The molecular formula is C19H22Cl2N6. The molecule has 1 aromatic carbocycles. The Morgan fingerprint density at radius 3 is 2.33 bits per heavy atom. The topological polar surface area (TPSA) is 56.7 Å². The number of hydrazone groups is 1. The summed E-state index contributed by atoms with van der Waals surface area (Å²) in [6.07, 6.45) is 6.46. The van der Waals surface area contributed by atoms with E-state index in [1.807, 2.05) is 12.1 Å². The Hall–Kier alpha value is -2.05. The highest BCUT2D eigenvalue weighted by Crippen LogP contribution is 2.25. The van der Waals surface area contributed by atoms with Crippen LogP contribution in [-0.2, 0) is 0 Å². The molecule has 4 rings (SSSR count). The van der Waals surface area contributed by atoms with Crippen molar-refractivity contribution < 1.29 is 0 Å². The van der Waals surface area contributed by atoms with E-state index in [0.717, 1.165) is 43.5 Å². The first-order chi connectivity index (χ1) is 13.2. The molecule has 6 nitrogen and oxygen atoms in total. The molecule has 0 radical (unpaired) electrons. The molecule has 8 heteroatoms. The van der Waals surface area contributed by atoms with E-state index in [1.165, 1.54) is 25.7 Å². The van der Waals surface area contributed by atoms with E-state index in [1.54, 1.807) is 18.3 Å². The highest BCUT2D eigenvalue weighted by atomic mass is 35.5. The van der Waals surface area contributed by atoms with E-state index in [4.69, 9.17) is 28.2 Å². The van der Waals surface area contributed by atoms with Crippen LogP contribution in [0.5, 0.6) is 0 Å². The van der Waals surface area contributed by atoms with Gasteiger partial charge in [0.2, 0.25) is 5.95 Å². The van der Waals surface area contributed by atoms with Gasteiger partial charge < -0.3 is 9.80 Å². The molecule has 0 aliphatic carbocycles. The Kier molecular flexibility index (Phi) is 5.64. The maximum atomic E-state index is 6.19. The lowest BCUT2D eigenvalue weighted by atomic mass is 10.2. The summed E-state index contributed by atoms with van der Waals surface area (Å²) in [5.74, 6) is 2.43. The van der Waals surface area contributed by atoms with Gasteiger partial charge >= 0.3 is 0 Å². The number of aromatic nitrogens is 2. The Morgan fingerprint density at radius 2 is 1.63 bits per heavy atom. The maximum Gasteiger partial charge on any atom is 0.229 e. The zero-order chi connectivity index (χ0) is 18.6. The van der Waals surface area contributed by atoms with Gasteiger partial charge in [-0.1, -0.05) is 29.3 Å². The van der Waals surface area contributed by atoms with Gasteiger partial charge in [0.15, 0.2) is 5.82 Å². The van der Waals surface area contributed by atoms with E-state index < -0.39 is 0 Å². The molecule has 0 unspecified atom stereocenters. The van der Waals surface area contributed by atoms with E-state index in [9.17, 15) is 0 Å². The first kappa shape index (κ1) is 18.3. The number of nitrogens with zero attached hydrogens (tertiary/aromatic N) is 5. The number of anilines is 3. The number of hydrogen-bond acceptors (Lipinski definition) is 6. The fourth-order valence-electron chi connectivity index (χ4n) is 3.42. The number of rotatable bonds is 5. The fraction of sp³-hybridized carbons (Fsp3) is 0.421. The Balaban J connectivity index is 1.55. The molecule has 0 amide bonds. The van der Waals surface area contributed by atoms with Crippen LogP contribution in [0.3, 0.4) is 0 Å². The lowest BCUT2D eigenvalue weighted by Crippen LogP contribution is -2.24. The third-order valence-corrected chi connectivity index (χ3v) is 5.43. The van der Waals surface area contributed by atoms with Crippen molar-refractivity contribution in [1.29, 1.82) is 0 Å². The van der Waals surface area contributed by atoms with Crippen molar-refractivity contribution in [1.82, 2.24) is 9.97 Å². The SMILES string of the molecule is Clc1ccc(C=NNc2cc(N3CCCC3)nc(N3CCCC3)n2)c(Cl)c1. The highest BCUT2D eigenvalue weighted by Gasteiger charge is 2.20. The fourth-order valence-corrected chi connectivity index (χ4v) is 3.88. The van der Waals surface area contributed by atoms with Gasteiger partial charge in [-0.2, -0.15) is 15.1 Å². The first-order valence-electron chi connectivity index (χ1n) is 9.32. The average Bonchev–Trinajstić information content (AvgIpc) is 3.37. The van der Waals surface area contributed by atoms with Gasteiger partial charge in [-0.05, 0) is 37.8 Å². The van der Waals surface area contributed by atoms with Crippen molar-refractivity contribution in [3.05, 3.63) is 39.9 Å². The van der Waals surface area contributed by atoms with Crippen molar-refractivity contribution in [2.24, 2.45) is 5.10 Å². The third-order valence-electron chi connectivity index (χ3n) is 4.87. The Morgan fingerprint density at radius 1 is 0.926 bits per heavy atom. The van der Waals surface area contributed by atoms with Crippen LogP contribution in [-0.4, -0.2) is 42.4 Å². The molecule has 0 spiro atoms. The molecule has 0 bridgehead atoms. The summed E-state index contributed by atoms with van der Waals surface area (Å²) in [5.41, 5.74) is 3.83. The van der Waals surface area contributed by atoms with Gasteiger partial charge in [0.25, 0.3) is 0 Å². The van der Waals surface area contributed by atoms with Crippen LogP contribution >= 0.6 is 23.2 Å². The van der Waals surface area contributed by atoms with Crippen molar-refractivity contribution in [2.75, 3.05) is 41.4 Å². The average molecular weight is 405 g/mol. The quantitative estimate of drug-likeness (QED) is 0.589. The van der Waals surface area contributed by atoms with Crippen molar-refractivity contribution in [3.63, 3.8) is 0 Å². The van der Waals surface area contributed by atoms with E-state index >= 15 is 0 Å².